The van der Waals surface area contributed by atoms with Crippen molar-refractivity contribution in [3.63, 3.8) is 0 Å². The van der Waals surface area contributed by atoms with Gasteiger partial charge in [0.15, 0.2) is 15.0 Å². The van der Waals surface area contributed by atoms with Gasteiger partial charge in [-0.05, 0) is 31.0 Å². The number of rotatable bonds is 1. The first-order valence-corrected chi connectivity index (χ1v) is 8.89. The fourth-order valence-electron chi connectivity index (χ4n) is 2.77. The zero-order chi connectivity index (χ0) is 13.8. The van der Waals surface area contributed by atoms with E-state index in [0.717, 1.165) is 16.8 Å². The van der Waals surface area contributed by atoms with Crippen LogP contribution in [0.15, 0.2) is 18.2 Å². The summed E-state index contributed by atoms with van der Waals surface area (Å²) < 4.78 is 23.5. The number of hydrogen-bond donors (Lipinski definition) is 1. The van der Waals surface area contributed by atoms with Crippen molar-refractivity contribution in [2.24, 2.45) is 0 Å². The van der Waals surface area contributed by atoms with Crippen molar-refractivity contribution >= 4 is 32.5 Å². The summed E-state index contributed by atoms with van der Waals surface area (Å²) in [5.41, 5.74) is 3.19. The third-order valence-electron chi connectivity index (χ3n) is 3.71. The van der Waals surface area contributed by atoms with Crippen LogP contribution in [0.5, 0.6) is 0 Å². The summed E-state index contributed by atoms with van der Waals surface area (Å²) >= 11 is 1.39. The molecule has 1 aromatic rings. The molecular formula is C13H16N2O2S2. The third-order valence-corrected chi connectivity index (χ3v) is 6.84. The van der Waals surface area contributed by atoms with Crippen LogP contribution in [0.4, 0.5) is 5.69 Å². The van der Waals surface area contributed by atoms with Crippen LogP contribution in [0.2, 0.25) is 0 Å². The predicted molar refractivity (Wildman–Crippen MR) is 79.9 cm³/mol. The van der Waals surface area contributed by atoms with E-state index in [2.05, 4.69) is 0 Å². The molecule has 6 heteroatoms. The first kappa shape index (κ1) is 13.0. The van der Waals surface area contributed by atoms with E-state index < -0.39 is 9.84 Å². The molecule has 2 heterocycles. The molecular weight excluding hydrogens is 280 g/mol. The molecule has 0 aliphatic carbocycles. The summed E-state index contributed by atoms with van der Waals surface area (Å²) in [6.07, 6.45) is 0. The molecule has 102 valence electrons. The van der Waals surface area contributed by atoms with Gasteiger partial charge in [-0.15, -0.1) is 0 Å². The minimum atomic E-state index is -2.95. The highest BCUT2D eigenvalue weighted by molar-refractivity contribution is 8.15. The van der Waals surface area contributed by atoms with E-state index in [1.165, 1.54) is 11.8 Å². The first-order valence-electron chi connectivity index (χ1n) is 6.19. The first-order chi connectivity index (χ1) is 8.87. The van der Waals surface area contributed by atoms with Gasteiger partial charge in [-0.3, -0.25) is 5.41 Å². The molecule has 2 aliphatic rings. The second kappa shape index (κ2) is 4.24. The number of fused-ring (bicyclic) bond motifs is 1. The number of benzene rings is 1. The van der Waals surface area contributed by atoms with Crippen LogP contribution in [-0.2, 0) is 9.84 Å². The Kier molecular flexibility index (Phi) is 2.90. The number of sulfone groups is 1. The highest BCUT2D eigenvalue weighted by Gasteiger charge is 2.48. The van der Waals surface area contributed by atoms with Crippen LogP contribution in [0.25, 0.3) is 0 Å². The van der Waals surface area contributed by atoms with Crippen LogP contribution in [-0.4, -0.2) is 36.4 Å². The Labute approximate surface area is 117 Å². The summed E-state index contributed by atoms with van der Waals surface area (Å²) in [5, 5.41) is 8.61. The lowest BCUT2D eigenvalue weighted by Crippen LogP contribution is -2.37. The Morgan fingerprint density at radius 2 is 2.05 bits per heavy atom. The average Bonchev–Trinajstić information content (AvgIpc) is 2.73. The fourth-order valence-corrected chi connectivity index (χ4v) is 6.55. The van der Waals surface area contributed by atoms with E-state index in [4.69, 9.17) is 5.41 Å². The lowest BCUT2D eigenvalue weighted by atomic mass is 10.1. The Balaban J connectivity index is 2.04. The van der Waals surface area contributed by atoms with Crippen molar-refractivity contribution in [2.45, 2.75) is 25.1 Å². The van der Waals surface area contributed by atoms with E-state index >= 15 is 0 Å². The smallest absolute Gasteiger partial charge is 0.161 e. The van der Waals surface area contributed by atoms with Gasteiger partial charge in [0.2, 0.25) is 0 Å². The van der Waals surface area contributed by atoms with Crippen molar-refractivity contribution in [2.75, 3.05) is 16.4 Å². The molecule has 2 atom stereocenters. The number of anilines is 1. The van der Waals surface area contributed by atoms with Gasteiger partial charge in [-0.2, -0.15) is 0 Å². The summed E-state index contributed by atoms with van der Waals surface area (Å²) in [4.78, 5) is 1.90. The van der Waals surface area contributed by atoms with Gasteiger partial charge in [0, 0.05) is 10.9 Å². The van der Waals surface area contributed by atoms with E-state index in [0.29, 0.717) is 5.17 Å². The molecule has 1 aromatic carbocycles. The normalized spacial score (nSPS) is 28.7. The summed E-state index contributed by atoms with van der Waals surface area (Å²) in [5.74, 6) is 0.368. The summed E-state index contributed by atoms with van der Waals surface area (Å²) in [6.45, 7) is 4.02. The largest absolute Gasteiger partial charge is 0.316 e. The van der Waals surface area contributed by atoms with Crippen LogP contribution < -0.4 is 4.90 Å². The lowest BCUT2D eigenvalue weighted by Gasteiger charge is -2.26. The molecule has 3 rings (SSSR count). The van der Waals surface area contributed by atoms with Crippen LogP contribution in [0.3, 0.4) is 0 Å². The maximum atomic E-state index is 11.8. The van der Waals surface area contributed by atoms with Crippen LogP contribution in [0, 0.1) is 19.3 Å². The minimum Gasteiger partial charge on any atom is -0.316 e. The van der Waals surface area contributed by atoms with Gasteiger partial charge in [0.1, 0.15) is 0 Å². The summed E-state index contributed by atoms with van der Waals surface area (Å²) in [7, 11) is -2.95. The number of amidine groups is 1. The second-order valence-corrected chi connectivity index (χ2v) is 8.65. The van der Waals surface area contributed by atoms with Gasteiger partial charge in [-0.1, -0.05) is 23.9 Å². The number of nitrogens with zero attached hydrogens (tertiary/aromatic N) is 1. The molecule has 0 amide bonds. The van der Waals surface area contributed by atoms with Gasteiger partial charge in [0.25, 0.3) is 0 Å². The maximum absolute atomic E-state index is 11.8. The fraction of sp³-hybridized carbons (Fsp3) is 0.462. The highest BCUT2D eigenvalue weighted by atomic mass is 32.2. The van der Waals surface area contributed by atoms with E-state index in [1.807, 2.05) is 36.9 Å². The molecule has 1 N–H and O–H groups in total. The molecule has 0 saturated carbocycles. The molecule has 0 unspecified atom stereocenters. The zero-order valence-corrected chi connectivity index (χ0v) is 12.5. The summed E-state index contributed by atoms with van der Waals surface area (Å²) in [6, 6.07) is 6.02. The highest BCUT2D eigenvalue weighted by Crippen LogP contribution is 2.41. The van der Waals surface area contributed by atoms with Crippen molar-refractivity contribution in [1.82, 2.24) is 0 Å². The van der Waals surface area contributed by atoms with Crippen LogP contribution in [0.1, 0.15) is 11.1 Å². The van der Waals surface area contributed by atoms with Gasteiger partial charge < -0.3 is 4.90 Å². The molecule has 0 spiro atoms. The van der Waals surface area contributed by atoms with Gasteiger partial charge in [-0.25, -0.2) is 8.42 Å². The molecule has 19 heavy (non-hydrogen) atoms. The maximum Gasteiger partial charge on any atom is 0.161 e. The van der Waals surface area contributed by atoms with Crippen LogP contribution >= 0.6 is 11.8 Å². The number of nitrogens with one attached hydrogen (secondary N) is 1. The Morgan fingerprint density at radius 3 is 2.79 bits per heavy atom. The Bertz CT molecular complexity index is 655. The lowest BCUT2D eigenvalue weighted by molar-refractivity contribution is 0.601. The number of thioether (sulfide) groups is 1. The van der Waals surface area contributed by atoms with Crippen molar-refractivity contribution in [3.8, 4) is 0 Å². The SMILES string of the molecule is Cc1ccc(C)c(N2C(=N)S[C@@H]3CS(=O)(=O)C[C@@H]32)c1. The topological polar surface area (TPSA) is 61.2 Å². The minimum absolute atomic E-state index is 0.0115. The third kappa shape index (κ3) is 2.17. The molecule has 2 aliphatic heterocycles. The van der Waals surface area contributed by atoms with Crippen molar-refractivity contribution < 1.29 is 8.42 Å². The molecule has 4 nitrogen and oxygen atoms in total. The monoisotopic (exact) mass is 296 g/mol. The van der Waals surface area contributed by atoms with Crippen molar-refractivity contribution in [1.29, 1.82) is 5.41 Å². The zero-order valence-electron chi connectivity index (χ0n) is 10.9. The van der Waals surface area contributed by atoms with Gasteiger partial charge >= 0.3 is 0 Å². The predicted octanol–water partition coefficient (Wildman–Crippen LogP) is 1.96. The quantitative estimate of drug-likeness (QED) is 0.860. The number of aryl methyl sites for hydroxylation is 2. The Morgan fingerprint density at radius 1 is 1.32 bits per heavy atom. The van der Waals surface area contributed by atoms with E-state index in [9.17, 15) is 8.42 Å². The van der Waals surface area contributed by atoms with E-state index in [1.54, 1.807) is 0 Å². The van der Waals surface area contributed by atoms with E-state index in [-0.39, 0.29) is 22.8 Å². The Hall–Kier alpha value is -1.01. The molecule has 0 aromatic heterocycles. The molecule has 2 fully saturated rings. The number of hydrogen-bond acceptors (Lipinski definition) is 4. The van der Waals surface area contributed by atoms with Crippen molar-refractivity contribution in [3.05, 3.63) is 29.3 Å². The van der Waals surface area contributed by atoms with Gasteiger partial charge in [0.05, 0.1) is 17.5 Å². The molecule has 0 radical (unpaired) electrons. The molecule has 0 bridgehead atoms. The average molecular weight is 296 g/mol. The second-order valence-electron chi connectivity index (χ2n) is 5.27. The standard InChI is InChI=1S/C13H16N2O2S2/c1-8-3-4-9(2)10(5-8)15-11-6-19(16,17)7-12(11)18-13(15)14/h3-5,11-12,14H,6-7H2,1-2H3/t11-,12+/m0/s1. The molecule has 2 saturated heterocycles.